The van der Waals surface area contributed by atoms with E-state index in [0.29, 0.717) is 33.3 Å². The summed E-state index contributed by atoms with van der Waals surface area (Å²) in [4.78, 5) is 24.5. The minimum absolute atomic E-state index is 0.171. The third-order valence-corrected chi connectivity index (χ3v) is 5.77. The van der Waals surface area contributed by atoms with Crippen molar-refractivity contribution >= 4 is 39.8 Å². The van der Waals surface area contributed by atoms with Gasteiger partial charge in [0.2, 0.25) is 0 Å². The van der Waals surface area contributed by atoms with Gasteiger partial charge in [0.1, 0.15) is 11.4 Å². The van der Waals surface area contributed by atoms with Crippen molar-refractivity contribution in [2.45, 2.75) is 38.1 Å². The number of nitrogens with one attached hydrogen (secondary N) is 2. The molecule has 0 aliphatic heterocycles. The number of aromatic nitrogens is 5. The third kappa shape index (κ3) is 3.47. The van der Waals surface area contributed by atoms with Gasteiger partial charge in [-0.25, -0.2) is 14.8 Å². The molecule has 1 aliphatic carbocycles. The molecule has 1 amide bonds. The van der Waals surface area contributed by atoms with Crippen molar-refractivity contribution in [3.63, 3.8) is 0 Å². The fourth-order valence-corrected chi connectivity index (χ4v) is 4.19. The van der Waals surface area contributed by atoms with Crippen LogP contribution in [0.1, 0.15) is 32.1 Å². The number of benzene rings is 1. The Morgan fingerprint density at radius 3 is 2.97 bits per heavy atom. The van der Waals surface area contributed by atoms with Crippen LogP contribution in [0.25, 0.3) is 33.5 Å². The fourth-order valence-electron chi connectivity index (χ4n) is 4.02. The maximum Gasteiger partial charge on any atom is 0.412 e. The maximum atomic E-state index is 12.4. The summed E-state index contributed by atoms with van der Waals surface area (Å²) >= 11 is 6.12. The van der Waals surface area contributed by atoms with Gasteiger partial charge in [0.05, 0.1) is 11.7 Å². The number of hydrogen-bond acceptors (Lipinski definition) is 5. The molecule has 1 saturated carbocycles. The molecule has 3 heterocycles. The zero-order chi connectivity index (χ0) is 20.7. The predicted octanol–water partition coefficient (Wildman–Crippen LogP) is 4.59. The van der Waals surface area contributed by atoms with Crippen LogP contribution in [0, 0.1) is 0 Å². The molecular formula is C21H21ClN6O2. The Kier molecular flexibility index (Phi) is 4.78. The first-order valence-electron chi connectivity index (χ1n) is 10.0. The Morgan fingerprint density at radius 1 is 1.30 bits per heavy atom. The molecule has 2 N–H and O–H groups in total. The lowest BCUT2D eigenvalue weighted by molar-refractivity contribution is 0.192. The zero-order valence-corrected chi connectivity index (χ0v) is 17.2. The Hall–Kier alpha value is -3.13. The summed E-state index contributed by atoms with van der Waals surface area (Å²) in [5.41, 5.74) is 3.21. The predicted molar refractivity (Wildman–Crippen MR) is 115 cm³/mol. The lowest BCUT2D eigenvalue weighted by Crippen LogP contribution is -2.37. The van der Waals surface area contributed by atoms with Crippen LogP contribution in [0.5, 0.6) is 5.75 Å². The lowest BCUT2D eigenvalue weighted by atomic mass is 9.96. The number of H-pyrrole nitrogens is 1. The van der Waals surface area contributed by atoms with Crippen LogP contribution in [0.3, 0.4) is 0 Å². The molecule has 0 atom stereocenters. The molecule has 0 saturated heterocycles. The second-order valence-corrected chi connectivity index (χ2v) is 8.04. The molecule has 0 bridgehead atoms. The SMILES string of the molecule is Cn1nc(-c2cnc3[nH]cc(OC(=O)NC4CCCCC4)c3n2)c2ccc(Cl)cc21. The van der Waals surface area contributed by atoms with Gasteiger partial charge in [0.15, 0.2) is 16.9 Å². The first kappa shape index (κ1) is 18.9. The number of hydrogen-bond donors (Lipinski definition) is 2. The summed E-state index contributed by atoms with van der Waals surface area (Å²) < 4.78 is 7.30. The van der Waals surface area contributed by atoms with Crippen molar-refractivity contribution in [3.05, 3.63) is 35.6 Å². The number of nitrogens with zero attached hydrogens (tertiary/aromatic N) is 4. The van der Waals surface area contributed by atoms with Crippen LogP contribution in [-0.4, -0.2) is 36.9 Å². The highest BCUT2D eigenvalue weighted by atomic mass is 35.5. The maximum absolute atomic E-state index is 12.4. The number of aryl methyl sites for hydroxylation is 1. The minimum atomic E-state index is -0.465. The minimum Gasteiger partial charge on any atom is -0.406 e. The van der Waals surface area contributed by atoms with E-state index in [4.69, 9.17) is 16.3 Å². The number of ether oxygens (including phenoxy) is 1. The number of aromatic amines is 1. The number of fused-ring (bicyclic) bond motifs is 2. The average molecular weight is 425 g/mol. The van der Waals surface area contributed by atoms with Gasteiger partial charge in [-0.3, -0.25) is 4.68 Å². The van der Waals surface area contributed by atoms with E-state index >= 15 is 0 Å². The van der Waals surface area contributed by atoms with Crippen LogP contribution in [0.15, 0.2) is 30.6 Å². The van der Waals surface area contributed by atoms with Crippen molar-refractivity contribution < 1.29 is 9.53 Å². The number of halogens is 1. The molecule has 1 fully saturated rings. The van der Waals surface area contributed by atoms with E-state index in [2.05, 4.69) is 25.4 Å². The molecule has 0 radical (unpaired) electrons. The lowest BCUT2D eigenvalue weighted by Gasteiger charge is -2.22. The number of amides is 1. The van der Waals surface area contributed by atoms with E-state index in [-0.39, 0.29) is 6.04 Å². The van der Waals surface area contributed by atoms with E-state index in [9.17, 15) is 4.79 Å². The molecule has 1 aliphatic rings. The van der Waals surface area contributed by atoms with Gasteiger partial charge in [-0.05, 0) is 31.0 Å². The molecule has 4 aromatic rings. The molecule has 0 spiro atoms. The smallest absolute Gasteiger partial charge is 0.406 e. The van der Waals surface area contributed by atoms with Gasteiger partial charge in [-0.1, -0.05) is 30.9 Å². The Balaban J connectivity index is 1.45. The summed E-state index contributed by atoms with van der Waals surface area (Å²) in [5, 5.41) is 9.10. The van der Waals surface area contributed by atoms with Gasteiger partial charge in [-0.15, -0.1) is 0 Å². The van der Waals surface area contributed by atoms with E-state index in [1.165, 1.54) is 6.42 Å². The van der Waals surface area contributed by atoms with E-state index in [1.54, 1.807) is 17.1 Å². The molecule has 8 nitrogen and oxygen atoms in total. The molecule has 30 heavy (non-hydrogen) atoms. The van der Waals surface area contributed by atoms with Crippen LogP contribution in [-0.2, 0) is 7.05 Å². The summed E-state index contributed by atoms with van der Waals surface area (Å²) in [6, 6.07) is 5.77. The Morgan fingerprint density at radius 2 is 2.13 bits per heavy atom. The van der Waals surface area contributed by atoms with E-state index < -0.39 is 6.09 Å². The second kappa shape index (κ2) is 7.60. The number of carbonyl (C=O) groups is 1. The highest BCUT2D eigenvalue weighted by Crippen LogP contribution is 2.30. The molecule has 0 unspecified atom stereocenters. The monoisotopic (exact) mass is 424 g/mol. The normalized spacial score (nSPS) is 15.0. The molecule has 9 heteroatoms. The Bertz CT molecular complexity index is 1240. The molecule has 5 rings (SSSR count). The van der Waals surface area contributed by atoms with Crippen LogP contribution >= 0.6 is 11.6 Å². The quantitative estimate of drug-likeness (QED) is 0.501. The van der Waals surface area contributed by atoms with Crippen molar-refractivity contribution in [2.75, 3.05) is 0 Å². The largest absolute Gasteiger partial charge is 0.412 e. The van der Waals surface area contributed by atoms with Crippen molar-refractivity contribution in [1.82, 2.24) is 30.0 Å². The highest BCUT2D eigenvalue weighted by Gasteiger charge is 2.20. The van der Waals surface area contributed by atoms with Gasteiger partial charge in [0.25, 0.3) is 0 Å². The first-order chi connectivity index (χ1) is 14.6. The number of rotatable bonds is 3. The second-order valence-electron chi connectivity index (χ2n) is 7.61. The van der Waals surface area contributed by atoms with Crippen LogP contribution in [0.2, 0.25) is 5.02 Å². The molecule has 3 aromatic heterocycles. The zero-order valence-electron chi connectivity index (χ0n) is 16.5. The van der Waals surface area contributed by atoms with Crippen LogP contribution in [0.4, 0.5) is 4.79 Å². The van der Waals surface area contributed by atoms with Gasteiger partial charge < -0.3 is 15.0 Å². The highest BCUT2D eigenvalue weighted by molar-refractivity contribution is 6.31. The summed E-state index contributed by atoms with van der Waals surface area (Å²) in [7, 11) is 1.86. The standard InChI is InChI=1S/C21H21ClN6O2/c1-28-16-9-12(22)7-8-14(16)18(27-28)15-10-23-20-19(26-15)17(11-24-20)30-21(29)25-13-5-3-2-4-6-13/h7-11,13H,2-6H2,1H3,(H,23,24)(H,25,29). The van der Waals surface area contributed by atoms with Gasteiger partial charge in [-0.2, -0.15) is 5.10 Å². The van der Waals surface area contributed by atoms with Gasteiger partial charge >= 0.3 is 6.09 Å². The summed E-state index contributed by atoms with van der Waals surface area (Å²) in [6.07, 6.45) is 8.27. The van der Waals surface area contributed by atoms with E-state index in [1.807, 2.05) is 25.2 Å². The molecule has 154 valence electrons. The van der Waals surface area contributed by atoms with Crippen molar-refractivity contribution in [1.29, 1.82) is 0 Å². The van der Waals surface area contributed by atoms with Crippen molar-refractivity contribution in [3.8, 4) is 17.1 Å². The topological polar surface area (TPSA) is 97.7 Å². The molecular weight excluding hydrogens is 404 g/mol. The van der Waals surface area contributed by atoms with Crippen LogP contribution < -0.4 is 10.1 Å². The Labute approximate surface area is 177 Å². The first-order valence-corrected chi connectivity index (χ1v) is 10.4. The molecule has 1 aromatic carbocycles. The fraction of sp³-hybridized carbons (Fsp3) is 0.333. The van der Waals surface area contributed by atoms with Crippen molar-refractivity contribution in [2.24, 2.45) is 7.05 Å². The number of carbonyl (C=O) groups excluding carboxylic acids is 1. The van der Waals surface area contributed by atoms with E-state index in [0.717, 1.165) is 36.6 Å². The third-order valence-electron chi connectivity index (χ3n) is 5.53. The summed E-state index contributed by atoms with van der Waals surface area (Å²) in [6.45, 7) is 0. The summed E-state index contributed by atoms with van der Waals surface area (Å²) in [5.74, 6) is 0.343. The van der Waals surface area contributed by atoms with Gasteiger partial charge in [0, 0.05) is 29.7 Å². The average Bonchev–Trinajstić information content (AvgIpc) is 3.29.